The first-order valence-corrected chi connectivity index (χ1v) is 4.94. The first kappa shape index (κ1) is 10.4. The van der Waals surface area contributed by atoms with Crippen LogP contribution in [0.15, 0.2) is 29.1 Å². The summed E-state index contributed by atoms with van der Waals surface area (Å²) in [6.45, 7) is 1.89. The molecule has 0 aliphatic rings. The summed E-state index contributed by atoms with van der Waals surface area (Å²) >= 11 is 0. The number of nitriles is 1. The van der Waals surface area contributed by atoms with Crippen LogP contribution in [0, 0.1) is 11.3 Å². The van der Waals surface area contributed by atoms with Gasteiger partial charge in [-0.2, -0.15) is 5.26 Å². The summed E-state index contributed by atoms with van der Waals surface area (Å²) in [5, 5.41) is 9.59. The van der Waals surface area contributed by atoms with Crippen molar-refractivity contribution >= 4 is 10.9 Å². The summed E-state index contributed by atoms with van der Waals surface area (Å²) in [5.41, 5.74) is 7.22. The highest BCUT2D eigenvalue weighted by Crippen LogP contribution is 2.17. The van der Waals surface area contributed by atoms with Gasteiger partial charge in [0.1, 0.15) is 11.6 Å². The van der Waals surface area contributed by atoms with Crippen molar-refractivity contribution in [1.82, 2.24) is 4.98 Å². The molecule has 0 spiro atoms. The highest BCUT2D eigenvalue weighted by Gasteiger charge is 2.04. The number of aromatic nitrogens is 1. The molecule has 80 valence electrons. The summed E-state index contributed by atoms with van der Waals surface area (Å²) in [5.74, 6) is 0. The van der Waals surface area contributed by atoms with Gasteiger partial charge in [-0.25, -0.2) is 0 Å². The number of benzene rings is 1. The number of nitrogens with one attached hydrogen (secondary N) is 1. The predicted molar refractivity (Wildman–Crippen MR) is 61.9 cm³/mol. The van der Waals surface area contributed by atoms with Gasteiger partial charge in [0.25, 0.3) is 5.56 Å². The molecule has 2 aromatic rings. The van der Waals surface area contributed by atoms with E-state index >= 15 is 0 Å². The van der Waals surface area contributed by atoms with Crippen LogP contribution in [0.3, 0.4) is 0 Å². The van der Waals surface area contributed by atoms with Gasteiger partial charge in [0.05, 0.1) is 0 Å². The van der Waals surface area contributed by atoms with Crippen LogP contribution in [-0.2, 0) is 0 Å². The van der Waals surface area contributed by atoms with Crippen molar-refractivity contribution in [3.8, 4) is 6.07 Å². The number of hydrogen-bond acceptors (Lipinski definition) is 3. The zero-order valence-corrected chi connectivity index (χ0v) is 8.82. The molecule has 1 unspecified atom stereocenters. The first-order valence-electron chi connectivity index (χ1n) is 4.94. The van der Waals surface area contributed by atoms with Crippen LogP contribution in [0.4, 0.5) is 0 Å². The highest BCUT2D eigenvalue weighted by molar-refractivity contribution is 5.80. The van der Waals surface area contributed by atoms with Crippen molar-refractivity contribution in [2.75, 3.05) is 0 Å². The third kappa shape index (κ3) is 1.69. The van der Waals surface area contributed by atoms with Gasteiger partial charge in [0.15, 0.2) is 0 Å². The normalized spacial score (nSPS) is 12.3. The molecule has 2 rings (SSSR count). The number of pyridine rings is 1. The summed E-state index contributed by atoms with van der Waals surface area (Å²) in [4.78, 5) is 14.0. The van der Waals surface area contributed by atoms with Crippen molar-refractivity contribution < 1.29 is 0 Å². The zero-order chi connectivity index (χ0) is 11.7. The summed E-state index contributed by atoms with van der Waals surface area (Å²) < 4.78 is 0. The van der Waals surface area contributed by atoms with E-state index in [-0.39, 0.29) is 17.2 Å². The lowest BCUT2D eigenvalue weighted by atomic mass is 10.1. The molecule has 0 fully saturated rings. The molecule has 0 saturated heterocycles. The summed E-state index contributed by atoms with van der Waals surface area (Å²) in [7, 11) is 0. The van der Waals surface area contributed by atoms with Crippen LogP contribution in [0.1, 0.15) is 24.1 Å². The second-order valence-corrected chi connectivity index (χ2v) is 3.76. The molecular weight excluding hydrogens is 202 g/mol. The molecular formula is C12H11N3O. The topological polar surface area (TPSA) is 82.7 Å². The van der Waals surface area contributed by atoms with Gasteiger partial charge in [-0.15, -0.1) is 0 Å². The fraction of sp³-hybridized carbons (Fsp3) is 0.167. The number of H-pyrrole nitrogens is 1. The molecule has 0 radical (unpaired) electrons. The summed E-state index contributed by atoms with van der Waals surface area (Å²) in [6, 6.07) is 8.93. The maximum absolute atomic E-state index is 11.4. The van der Waals surface area contributed by atoms with Crippen molar-refractivity contribution in [1.29, 1.82) is 5.26 Å². The third-order valence-electron chi connectivity index (χ3n) is 2.51. The molecule has 1 atom stereocenters. The van der Waals surface area contributed by atoms with E-state index in [0.29, 0.717) is 5.52 Å². The molecule has 1 aromatic carbocycles. The summed E-state index contributed by atoms with van der Waals surface area (Å²) in [6.07, 6.45) is 0. The van der Waals surface area contributed by atoms with Crippen LogP contribution < -0.4 is 11.3 Å². The number of hydrogen-bond donors (Lipinski definition) is 2. The molecule has 0 bridgehead atoms. The molecule has 4 nitrogen and oxygen atoms in total. The van der Waals surface area contributed by atoms with Crippen LogP contribution in [-0.4, -0.2) is 4.98 Å². The second kappa shape index (κ2) is 3.80. The molecule has 0 aliphatic heterocycles. The van der Waals surface area contributed by atoms with Gasteiger partial charge in [0, 0.05) is 11.6 Å². The van der Waals surface area contributed by atoms with E-state index < -0.39 is 0 Å². The average Bonchev–Trinajstić information content (AvgIpc) is 2.27. The maximum atomic E-state index is 11.4. The SMILES string of the molecule is CC(N)c1ccc2[nH]c(=O)c(C#N)cc2c1. The number of nitrogens with two attached hydrogens (primary N) is 1. The Labute approximate surface area is 92.3 Å². The van der Waals surface area contributed by atoms with Gasteiger partial charge < -0.3 is 10.7 Å². The number of nitrogens with zero attached hydrogens (tertiary/aromatic N) is 1. The molecule has 0 saturated carbocycles. The molecule has 0 aliphatic carbocycles. The van der Waals surface area contributed by atoms with Crippen molar-refractivity contribution in [3.05, 3.63) is 45.7 Å². The number of fused-ring (bicyclic) bond motifs is 1. The van der Waals surface area contributed by atoms with Gasteiger partial charge in [0.2, 0.25) is 0 Å². The third-order valence-corrected chi connectivity index (χ3v) is 2.51. The predicted octanol–water partition coefficient (Wildman–Crippen LogP) is 1.42. The standard InChI is InChI=1S/C12H11N3O/c1-7(14)8-2-3-11-9(4-8)5-10(6-13)12(16)15-11/h2-5,7H,14H2,1H3,(H,15,16). The lowest BCUT2D eigenvalue weighted by Gasteiger charge is -2.06. The van der Waals surface area contributed by atoms with Gasteiger partial charge in [-0.05, 0) is 36.1 Å². The van der Waals surface area contributed by atoms with Crippen molar-refractivity contribution in [2.45, 2.75) is 13.0 Å². The lowest BCUT2D eigenvalue weighted by Crippen LogP contribution is -2.10. The zero-order valence-electron chi connectivity index (χ0n) is 8.82. The van der Waals surface area contributed by atoms with Crippen LogP contribution in [0.25, 0.3) is 10.9 Å². The Morgan fingerprint density at radius 2 is 2.19 bits per heavy atom. The lowest BCUT2D eigenvalue weighted by molar-refractivity contribution is 0.820. The Bertz CT molecular complexity index is 635. The Balaban J connectivity index is 2.74. The largest absolute Gasteiger partial charge is 0.324 e. The average molecular weight is 213 g/mol. The fourth-order valence-corrected chi connectivity index (χ4v) is 1.59. The Hall–Kier alpha value is -2.12. The molecule has 1 heterocycles. The van der Waals surface area contributed by atoms with E-state index in [0.717, 1.165) is 10.9 Å². The second-order valence-electron chi connectivity index (χ2n) is 3.76. The van der Waals surface area contributed by atoms with E-state index in [1.807, 2.05) is 25.1 Å². The van der Waals surface area contributed by atoms with Gasteiger partial charge in [-0.3, -0.25) is 4.79 Å². The van der Waals surface area contributed by atoms with Crippen molar-refractivity contribution in [3.63, 3.8) is 0 Å². The maximum Gasteiger partial charge on any atom is 0.266 e. The van der Waals surface area contributed by atoms with Crippen LogP contribution in [0.5, 0.6) is 0 Å². The van der Waals surface area contributed by atoms with Gasteiger partial charge in [-0.1, -0.05) is 6.07 Å². The minimum atomic E-state index is -0.358. The van der Waals surface area contributed by atoms with E-state index in [4.69, 9.17) is 11.0 Å². The minimum Gasteiger partial charge on any atom is -0.324 e. The molecule has 0 amide bonds. The Kier molecular flexibility index (Phi) is 2.47. The highest BCUT2D eigenvalue weighted by atomic mass is 16.1. The van der Waals surface area contributed by atoms with Crippen LogP contribution >= 0.6 is 0 Å². The smallest absolute Gasteiger partial charge is 0.266 e. The van der Waals surface area contributed by atoms with Crippen molar-refractivity contribution in [2.24, 2.45) is 5.73 Å². The monoisotopic (exact) mass is 213 g/mol. The molecule has 16 heavy (non-hydrogen) atoms. The van der Waals surface area contributed by atoms with E-state index in [1.54, 1.807) is 12.1 Å². The molecule has 3 N–H and O–H groups in total. The minimum absolute atomic E-state index is 0.0677. The quantitative estimate of drug-likeness (QED) is 0.751. The molecule has 4 heteroatoms. The Morgan fingerprint density at radius 1 is 1.44 bits per heavy atom. The number of aromatic amines is 1. The van der Waals surface area contributed by atoms with E-state index in [9.17, 15) is 4.79 Å². The fourth-order valence-electron chi connectivity index (χ4n) is 1.59. The Morgan fingerprint density at radius 3 is 2.81 bits per heavy atom. The first-order chi connectivity index (χ1) is 7.61. The molecule has 1 aromatic heterocycles. The number of rotatable bonds is 1. The van der Waals surface area contributed by atoms with E-state index in [2.05, 4.69) is 4.98 Å². The van der Waals surface area contributed by atoms with Crippen LogP contribution in [0.2, 0.25) is 0 Å². The van der Waals surface area contributed by atoms with E-state index in [1.165, 1.54) is 0 Å². The van der Waals surface area contributed by atoms with Gasteiger partial charge >= 0.3 is 0 Å².